The van der Waals surface area contributed by atoms with Crippen molar-refractivity contribution in [3.8, 4) is 0 Å². The first-order chi connectivity index (χ1) is 7.22. The smallest absolute Gasteiger partial charge is 0.0803 e. The van der Waals surface area contributed by atoms with E-state index < -0.39 is 0 Å². The van der Waals surface area contributed by atoms with Crippen molar-refractivity contribution in [2.24, 2.45) is 11.7 Å². The standard InChI is InChI=1S/C11H19N3S/c1-8(2)6-14-11-3-4-15-7-9(11)10(5-12)13-14/h8H,3-7,12H2,1-2H3. The summed E-state index contributed by atoms with van der Waals surface area (Å²) in [5, 5.41) is 4.63. The van der Waals surface area contributed by atoms with Gasteiger partial charge in [-0.05, 0) is 18.1 Å². The fourth-order valence-corrected chi connectivity index (χ4v) is 3.06. The molecule has 0 aliphatic carbocycles. The molecule has 1 aliphatic heterocycles. The van der Waals surface area contributed by atoms with E-state index in [4.69, 9.17) is 5.73 Å². The van der Waals surface area contributed by atoms with E-state index in [1.54, 1.807) is 0 Å². The Hall–Kier alpha value is -0.480. The van der Waals surface area contributed by atoms with Gasteiger partial charge in [-0.2, -0.15) is 16.9 Å². The molecule has 0 amide bonds. The lowest BCUT2D eigenvalue weighted by Gasteiger charge is -2.15. The maximum absolute atomic E-state index is 5.73. The second-order valence-corrected chi connectivity index (χ2v) is 5.56. The quantitative estimate of drug-likeness (QED) is 0.853. The number of thioether (sulfide) groups is 1. The summed E-state index contributed by atoms with van der Waals surface area (Å²) in [4.78, 5) is 0. The van der Waals surface area contributed by atoms with Gasteiger partial charge in [0, 0.05) is 30.1 Å². The summed E-state index contributed by atoms with van der Waals surface area (Å²) >= 11 is 1.99. The maximum Gasteiger partial charge on any atom is 0.0803 e. The molecule has 0 aromatic carbocycles. The molecular weight excluding hydrogens is 206 g/mol. The Balaban J connectivity index is 2.33. The van der Waals surface area contributed by atoms with Crippen molar-refractivity contribution >= 4 is 11.8 Å². The summed E-state index contributed by atoms with van der Waals surface area (Å²) in [5.74, 6) is 2.97. The van der Waals surface area contributed by atoms with Gasteiger partial charge < -0.3 is 5.73 Å². The van der Waals surface area contributed by atoms with Crippen molar-refractivity contribution in [3.63, 3.8) is 0 Å². The Morgan fingerprint density at radius 2 is 2.33 bits per heavy atom. The molecule has 4 heteroatoms. The predicted octanol–water partition coefficient (Wildman–Crippen LogP) is 1.79. The number of fused-ring (bicyclic) bond motifs is 1. The average Bonchev–Trinajstić information content (AvgIpc) is 2.56. The van der Waals surface area contributed by atoms with Gasteiger partial charge in [0.15, 0.2) is 0 Å². The van der Waals surface area contributed by atoms with Gasteiger partial charge in [0.05, 0.1) is 5.69 Å². The van der Waals surface area contributed by atoms with Crippen molar-refractivity contribution in [1.82, 2.24) is 9.78 Å². The summed E-state index contributed by atoms with van der Waals surface area (Å²) in [6.45, 7) is 6.06. The summed E-state index contributed by atoms with van der Waals surface area (Å²) in [7, 11) is 0. The summed E-state index contributed by atoms with van der Waals surface area (Å²) < 4.78 is 2.18. The van der Waals surface area contributed by atoms with Crippen LogP contribution in [0.2, 0.25) is 0 Å². The Morgan fingerprint density at radius 3 is 3.00 bits per heavy atom. The van der Waals surface area contributed by atoms with Gasteiger partial charge in [0.25, 0.3) is 0 Å². The van der Waals surface area contributed by atoms with E-state index in [0.29, 0.717) is 12.5 Å². The molecule has 2 heterocycles. The molecule has 1 aromatic rings. The molecule has 0 radical (unpaired) electrons. The lowest BCUT2D eigenvalue weighted by Crippen LogP contribution is -2.12. The zero-order chi connectivity index (χ0) is 10.8. The lowest BCUT2D eigenvalue weighted by molar-refractivity contribution is 0.467. The van der Waals surface area contributed by atoms with Crippen LogP contribution in [0.3, 0.4) is 0 Å². The number of nitrogens with zero attached hydrogens (tertiary/aromatic N) is 2. The zero-order valence-corrected chi connectivity index (χ0v) is 10.3. The van der Waals surface area contributed by atoms with Crippen molar-refractivity contribution in [1.29, 1.82) is 0 Å². The number of rotatable bonds is 3. The first-order valence-electron chi connectivity index (χ1n) is 5.57. The van der Waals surface area contributed by atoms with Crippen LogP contribution in [0.5, 0.6) is 0 Å². The highest BCUT2D eigenvalue weighted by Gasteiger charge is 2.20. The van der Waals surface area contributed by atoms with Crippen molar-refractivity contribution in [2.45, 2.75) is 39.1 Å². The topological polar surface area (TPSA) is 43.8 Å². The Labute approximate surface area is 95.4 Å². The average molecular weight is 225 g/mol. The third kappa shape index (κ3) is 2.21. The lowest BCUT2D eigenvalue weighted by atomic mass is 10.1. The van der Waals surface area contributed by atoms with Crippen molar-refractivity contribution in [2.75, 3.05) is 5.75 Å². The third-order valence-corrected chi connectivity index (χ3v) is 3.70. The summed E-state index contributed by atoms with van der Waals surface area (Å²) in [5.41, 5.74) is 9.69. The first kappa shape index (κ1) is 11.0. The molecule has 15 heavy (non-hydrogen) atoms. The van der Waals surface area contributed by atoms with Gasteiger partial charge in [0.2, 0.25) is 0 Å². The summed E-state index contributed by atoms with van der Waals surface area (Å²) in [6, 6.07) is 0. The Bertz CT molecular complexity index is 344. The monoisotopic (exact) mass is 225 g/mol. The van der Waals surface area contributed by atoms with Gasteiger partial charge in [-0.15, -0.1) is 0 Å². The van der Waals surface area contributed by atoms with E-state index in [0.717, 1.165) is 24.4 Å². The minimum Gasteiger partial charge on any atom is -0.325 e. The molecule has 0 bridgehead atoms. The first-order valence-corrected chi connectivity index (χ1v) is 6.73. The van der Waals surface area contributed by atoms with Crippen LogP contribution < -0.4 is 5.73 Å². The third-order valence-electron chi connectivity index (χ3n) is 2.71. The SMILES string of the molecule is CC(C)Cn1nc(CN)c2c1CCSC2. The fraction of sp³-hybridized carbons (Fsp3) is 0.727. The molecule has 0 spiro atoms. The zero-order valence-electron chi connectivity index (χ0n) is 9.49. The second-order valence-electron chi connectivity index (χ2n) is 4.45. The number of hydrogen-bond donors (Lipinski definition) is 1. The van der Waals surface area contributed by atoms with Gasteiger partial charge in [0.1, 0.15) is 0 Å². The predicted molar refractivity (Wildman–Crippen MR) is 64.8 cm³/mol. The van der Waals surface area contributed by atoms with Crippen LogP contribution in [-0.4, -0.2) is 15.5 Å². The van der Waals surface area contributed by atoms with Crippen LogP contribution in [0.25, 0.3) is 0 Å². The van der Waals surface area contributed by atoms with Crippen LogP contribution in [0.4, 0.5) is 0 Å². The molecule has 2 N–H and O–H groups in total. The van der Waals surface area contributed by atoms with Crippen LogP contribution >= 0.6 is 11.8 Å². The molecule has 1 aliphatic rings. The molecule has 84 valence electrons. The number of nitrogens with two attached hydrogens (primary N) is 1. The summed E-state index contributed by atoms with van der Waals surface area (Å²) in [6.07, 6.45) is 1.15. The maximum atomic E-state index is 5.73. The molecule has 1 aromatic heterocycles. The Morgan fingerprint density at radius 1 is 1.53 bits per heavy atom. The highest BCUT2D eigenvalue weighted by Crippen LogP contribution is 2.27. The van der Waals surface area contributed by atoms with Crippen LogP contribution in [0, 0.1) is 5.92 Å². The molecular formula is C11H19N3S. The minimum atomic E-state index is 0.577. The second kappa shape index (κ2) is 4.58. The fourth-order valence-electron chi connectivity index (χ4n) is 2.04. The minimum absolute atomic E-state index is 0.577. The number of hydrogen-bond acceptors (Lipinski definition) is 3. The molecule has 0 saturated carbocycles. The number of aromatic nitrogens is 2. The van der Waals surface area contributed by atoms with Gasteiger partial charge in [-0.25, -0.2) is 0 Å². The van der Waals surface area contributed by atoms with Crippen molar-refractivity contribution < 1.29 is 0 Å². The molecule has 0 fully saturated rings. The molecule has 0 unspecified atom stereocenters. The molecule has 2 rings (SSSR count). The van der Waals surface area contributed by atoms with E-state index in [2.05, 4.69) is 23.6 Å². The van der Waals surface area contributed by atoms with E-state index in [1.165, 1.54) is 17.0 Å². The van der Waals surface area contributed by atoms with E-state index in [1.807, 2.05) is 11.8 Å². The van der Waals surface area contributed by atoms with E-state index >= 15 is 0 Å². The largest absolute Gasteiger partial charge is 0.325 e. The Kier molecular flexibility index (Phi) is 3.36. The van der Waals surface area contributed by atoms with E-state index in [9.17, 15) is 0 Å². The van der Waals surface area contributed by atoms with Gasteiger partial charge in [-0.1, -0.05) is 13.8 Å². The molecule has 0 atom stereocenters. The van der Waals surface area contributed by atoms with Gasteiger partial charge >= 0.3 is 0 Å². The molecule has 3 nitrogen and oxygen atoms in total. The highest BCUT2D eigenvalue weighted by atomic mass is 32.2. The van der Waals surface area contributed by atoms with Crippen molar-refractivity contribution in [3.05, 3.63) is 17.0 Å². The van der Waals surface area contributed by atoms with Crippen LogP contribution in [0.15, 0.2) is 0 Å². The molecule has 0 saturated heterocycles. The van der Waals surface area contributed by atoms with E-state index in [-0.39, 0.29) is 0 Å². The highest BCUT2D eigenvalue weighted by molar-refractivity contribution is 7.98. The van der Waals surface area contributed by atoms with Gasteiger partial charge in [-0.3, -0.25) is 4.68 Å². The normalized spacial score (nSPS) is 15.7. The van der Waals surface area contributed by atoms with Crippen LogP contribution in [0.1, 0.15) is 30.8 Å². The van der Waals surface area contributed by atoms with Crippen LogP contribution in [-0.2, 0) is 25.3 Å².